The zero-order chi connectivity index (χ0) is 23.0. The third-order valence-electron chi connectivity index (χ3n) is 4.53. The number of hydrogen-bond donors (Lipinski definition) is 5. The number of thioether (sulfide) groups is 2. The lowest BCUT2D eigenvalue weighted by molar-refractivity contribution is -0.150. The molecule has 4 rings (SSSR count). The van der Waals surface area contributed by atoms with E-state index in [4.69, 9.17) is 9.83 Å². The highest BCUT2D eigenvalue weighted by atomic mass is 32.2. The van der Waals surface area contributed by atoms with E-state index >= 15 is 0 Å². The van der Waals surface area contributed by atoms with Crippen molar-refractivity contribution >= 4 is 58.4 Å². The van der Waals surface area contributed by atoms with E-state index in [0.29, 0.717) is 22.4 Å². The molecule has 1 saturated heterocycles. The molecule has 168 valence electrons. The number of aromatic nitrogens is 3. The van der Waals surface area contributed by atoms with Crippen LogP contribution in [0.15, 0.2) is 31.4 Å². The van der Waals surface area contributed by atoms with Crippen LogP contribution in [0.25, 0.3) is 0 Å². The molecule has 16 heteroatoms. The van der Waals surface area contributed by atoms with Crippen molar-refractivity contribution in [2.24, 2.45) is 5.16 Å². The predicted molar refractivity (Wildman–Crippen MR) is 112 cm³/mol. The number of amides is 2. The largest absolute Gasteiger partial charge is 0.477 e. The minimum Gasteiger partial charge on any atom is -0.477 e. The zero-order valence-electron chi connectivity index (χ0n) is 16.2. The van der Waals surface area contributed by atoms with Crippen molar-refractivity contribution in [2.75, 3.05) is 11.5 Å². The number of aliphatic carboxylic acids is 1. The summed E-state index contributed by atoms with van der Waals surface area (Å²) in [5.74, 6) is -1.71. The second-order valence-electron chi connectivity index (χ2n) is 6.55. The summed E-state index contributed by atoms with van der Waals surface area (Å²) in [6.07, 6.45) is 0. The first-order valence-electron chi connectivity index (χ1n) is 8.88. The molecule has 0 spiro atoms. The average Bonchev–Trinajstić information content (AvgIpc) is 3.38. The number of carbonyl (C=O) groups is 3. The van der Waals surface area contributed by atoms with Crippen LogP contribution >= 0.6 is 34.9 Å². The fraction of sp³-hybridized carbons (Fsp3) is 0.312. The van der Waals surface area contributed by atoms with Gasteiger partial charge in [0.1, 0.15) is 17.1 Å². The van der Waals surface area contributed by atoms with Crippen LogP contribution in [0.5, 0.6) is 0 Å². The predicted octanol–water partition coefficient (Wildman–Crippen LogP) is -0.0437. The Labute approximate surface area is 191 Å². The monoisotopic (exact) mass is 497 g/mol. The molecule has 0 aliphatic carbocycles. The van der Waals surface area contributed by atoms with Gasteiger partial charge in [0, 0.05) is 23.8 Å². The molecule has 5 N–H and O–H groups in total. The summed E-state index contributed by atoms with van der Waals surface area (Å²) in [5, 5.41) is 40.5. The van der Waals surface area contributed by atoms with Crippen LogP contribution in [0.4, 0.5) is 0 Å². The minimum atomic E-state index is -1.25. The Morgan fingerprint density at radius 1 is 1.50 bits per heavy atom. The number of carbonyl (C=O) groups excluding carboxylic acids is 2. The number of aryl methyl sites for hydroxylation is 1. The van der Waals surface area contributed by atoms with Gasteiger partial charge >= 0.3 is 5.97 Å². The highest BCUT2D eigenvalue weighted by Crippen LogP contribution is 2.41. The molecule has 0 saturated carbocycles. The van der Waals surface area contributed by atoms with Gasteiger partial charge in [-0.1, -0.05) is 16.9 Å². The van der Waals surface area contributed by atoms with Crippen molar-refractivity contribution in [2.45, 2.75) is 23.6 Å². The van der Waals surface area contributed by atoms with Crippen LogP contribution < -0.4 is 10.1 Å². The van der Waals surface area contributed by atoms with Gasteiger partial charge in [0.25, 0.3) is 17.0 Å². The molecule has 2 amide bonds. The van der Waals surface area contributed by atoms with E-state index in [1.807, 2.05) is 0 Å². The van der Waals surface area contributed by atoms with E-state index in [9.17, 15) is 24.7 Å². The molecule has 0 radical (unpaired) electrons. The first kappa shape index (κ1) is 22.1. The van der Waals surface area contributed by atoms with E-state index < -0.39 is 29.2 Å². The Kier molecular flexibility index (Phi) is 6.07. The number of β-lactam (4-membered cyclic amide) rings is 1. The number of carboxylic acid groups (broad SMARTS) is 1. The molecular weight excluding hydrogens is 482 g/mol. The average molecular weight is 498 g/mol. The SMILES string of the molecule is Cc1nnc(SCC2=C(C(=O)O)N3C(=O)C(NC(=O)/C(=N\O)c4csc(=N)[nH]4)[C@H]3SC2)o1. The van der Waals surface area contributed by atoms with Gasteiger partial charge in [-0.25, -0.2) is 4.79 Å². The lowest BCUT2D eigenvalue weighted by atomic mass is 10.0. The first-order valence-corrected chi connectivity index (χ1v) is 11.8. The van der Waals surface area contributed by atoms with Gasteiger partial charge in [-0.05, 0) is 5.57 Å². The van der Waals surface area contributed by atoms with E-state index in [1.165, 1.54) is 28.9 Å². The number of oxime groups is 1. The van der Waals surface area contributed by atoms with Crippen molar-refractivity contribution in [3.8, 4) is 0 Å². The molecule has 0 aromatic carbocycles. The number of nitrogens with zero attached hydrogens (tertiary/aromatic N) is 4. The number of aromatic amines is 1. The highest BCUT2D eigenvalue weighted by molar-refractivity contribution is 8.01. The first-order chi connectivity index (χ1) is 15.3. The van der Waals surface area contributed by atoms with E-state index in [0.717, 1.165) is 16.2 Å². The summed E-state index contributed by atoms with van der Waals surface area (Å²) in [5.41, 5.74) is 0.134. The van der Waals surface area contributed by atoms with Gasteiger partial charge < -0.3 is 25.0 Å². The molecule has 32 heavy (non-hydrogen) atoms. The summed E-state index contributed by atoms with van der Waals surface area (Å²) in [6, 6.07) is -0.986. The van der Waals surface area contributed by atoms with E-state index in [2.05, 4.69) is 25.7 Å². The van der Waals surface area contributed by atoms with Crippen molar-refractivity contribution in [1.29, 1.82) is 5.41 Å². The molecule has 0 bridgehead atoms. The molecule has 2 aromatic heterocycles. The molecule has 1 unspecified atom stereocenters. The lowest BCUT2D eigenvalue weighted by Crippen LogP contribution is -2.71. The second-order valence-corrected chi connectivity index (χ2v) is 9.46. The molecule has 2 aromatic rings. The fourth-order valence-electron chi connectivity index (χ4n) is 3.13. The van der Waals surface area contributed by atoms with Crippen LogP contribution in [0.3, 0.4) is 0 Å². The molecule has 2 atom stereocenters. The van der Waals surface area contributed by atoms with Gasteiger partial charge in [0.2, 0.25) is 5.89 Å². The number of H-pyrrole nitrogens is 1. The maximum Gasteiger partial charge on any atom is 0.352 e. The lowest BCUT2D eigenvalue weighted by Gasteiger charge is -2.49. The number of fused-ring (bicyclic) bond motifs is 1. The Morgan fingerprint density at radius 3 is 2.88 bits per heavy atom. The van der Waals surface area contributed by atoms with Crippen molar-refractivity contribution in [1.82, 2.24) is 25.4 Å². The topological polar surface area (TPSA) is 198 Å². The Bertz CT molecular complexity index is 1210. The van der Waals surface area contributed by atoms with Gasteiger partial charge in [0.05, 0.1) is 5.69 Å². The van der Waals surface area contributed by atoms with Crippen molar-refractivity contribution < 1.29 is 29.1 Å². The number of thiazole rings is 1. The summed E-state index contributed by atoms with van der Waals surface area (Å²) < 4.78 is 5.28. The highest BCUT2D eigenvalue weighted by Gasteiger charge is 2.54. The Morgan fingerprint density at radius 2 is 2.28 bits per heavy atom. The van der Waals surface area contributed by atoms with Gasteiger partial charge in [-0.2, -0.15) is 0 Å². The molecule has 1 fully saturated rings. The summed E-state index contributed by atoms with van der Waals surface area (Å²) in [7, 11) is 0. The molecule has 2 aliphatic heterocycles. The maximum atomic E-state index is 12.7. The fourth-order valence-corrected chi connectivity index (χ4v) is 5.99. The van der Waals surface area contributed by atoms with Crippen molar-refractivity contribution in [3.05, 3.63) is 33.0 Å². The van der Waals surface area contributed by atoms with Gasteiger partial charge in [-0.3, -0.25) is 19.9 Å². The summed E-state index contributed by atoms with van der Waals surface area (Å²) >= 11 is 3.48. The van der Waals surface area contributed by atoms with E-state index in [-0.39, 0.29) is 27.7 Å². The number of rotatable bonds is 7. The number of hydrogen-bond acceptors (Lipinski definition) is 12. The molecule has 2 aliphatic rings. The summed E-state index contributed by atoms with van der Waals surface area (Å²) in [4.78, 5) is 40.9. The van der Waals surface area contributed by atoms with Crippen LogP contribution in [-0.4, -0.2) is 76.8 Å². The minimum absolute atomic E-state index is 0.0556. The smallest absolute Gasteiger partial charge is 0.352 e. The zero-order valence-corrected chi connectivity index (χ0v) is 18.6. The molecular formula is C16H15N7O6S3. The van der Waals surface area contributed by atoms with Gasteiger partial charge in [-0.15, -0.1) is 33.3 Å². The second kappa shape index (κ2) is 8.79. The molecule has 4 heterocycles. The standard InChI is InChI=1S/C16H15N7O6S3/c1-5-20-21-16(29-5)32-3-6-2-30-13-9(12(25)23(13)10(6)14(26)27)19-11(24)8(22-28)7-4-31-15(17)18-7/h4,9,13,28H,2-3H2,1H3,(H2,17,18)(H,19,24)(H,26,27)/b22-8-/t9?,13-/m1/s1. The van der Waals surface area contributed by atoms with Crippen LogP contribution in [0, 0.1) is 12.3 Å². The Hall–Kier alpha value is -3.11. The summed E-state index contributed by atoms with van der Waals surface area (Å²) in [6.45, 7) is 1.64. The van der Waals surface area contributed by atoms with Crippen molar-refractivity contribution in [3.63, 3.8) is 0 Å². The van der Waals surface area contributed by atoms with Crippen LogP contribution in [-0.2, 0) is 14.4 Å². The Balaban J connectivity index is 1.48. The van der Waals surface area contributed by atoms with Crippen LogP contribution in [0.2, 0.25) is 0 Å². The quantitative estimate of drug-likeness (QED) is 0.114. The number of nitrogens with one attached hydrogen (secondary N) is 3. The van der Waals surface area contributed by atoms with Crippen LogP contribution in [0.1, 0.15) is 11.6 Å². The van der Waals surface area contributed by atoms with E-state index in [1.54, 1.807) is 6.92 Å². The third-order valence-corrected chi connectivity index (χ3v) is 7.46. The third kappa shape index (κ3) is 4.03. The number of carboxylic acids is 1. The normalized spacial score (nSPS) is 20.7. The van der Waals surface area contributed by atoms with Gasteiger partial charge in [0.15, 0.2) is 10.5 Å². The molecule has 13 nitrogen and oxygen atoms in total. The maximum absolute atomic E-state index is 12.7.